The summed E-state index contributed by atoms with van der Waals surface area (Å²) in [7, 11) is 1.21. The average Bonchev–Trinajstić information content (AvgIpc) is 2.43. The van der Waals surface area contributed by atoms with Crippen molar-refractivity contribution in [3.05, 3.63) is 21.6 Å². The number of rotatable bonds is 6. The number of carbonyl (C=O) groups excluding carboxylic acids is 2. The van der Waals surface area contributed by atoms with Crippen LogP contribution in [0.1, 0.15) is 6.92 Å². The first-order valence-corrected chi connectivity index (χ1v) is 6.20. The van der Waals surface area contributed by atoms with Gasteiger partial charge >= 0.3 is 5.97 Å². The van der Waals surface area contributed by atoms with Crippen LogP contribution in [0.2, 0.25) is 5.02 Å². The number of anilines is 1. The van der Waals surface area contributed by atoms with Gasteiger partial charge in [-0.25, -0.2) is 4.68 Å². The molecule has 0 saturated carbocycles. The van der Waals surface area contributed by atoms with Crippen molar-refractivity contribution in [1.29, 1.82) is 0 Å². The molecular formula is C11H15ClN4O4. The number of aromatic nitrogens is 2. The van der Waals surface area contributed by atoms with E-state index in [4.69, 9.17) is 11.6 Å². The minimum Gasteiger partial charge on any atom is -0.468 e. The van der Waals surface area contributed by atoms with Crippen LogP contribution >= 0.6 is 11.6 Å². The predicted octanol–water partition coefficient (Wildman–Crippen LogP) is -0.382. The summed E-state index contributed by atoms with van der Waals surface area (Å²) >= 11 is 5.87. The molecule has 0 spiro atoms. The number of amides is 1. The Labute approximate surface area is 120 Å². The Kier molecular flexibility index (Phi) is 5.98. The highest BCUT2D eigenvalue weighted by atomic mass is 35.5. The van der Waals surface area contributed by atoms with Crippen LogP contribution in [0, 0.1) is 0 Å². The first-order chi connectivity index (χ1) is 9.49. The molecule has 0 fully saturated rings. The van der Waals surface area contributed by atoms with Crippen molar-refractivity contribution in [3.8, 4) is 0 Å². The van der Waals surface area contributed by atoms with Crippen LogP contribution in [0.4, 0.5) is 5.69 Å². The maximum atomic E-state index is 11.8. The third kappa shape index (κ3) is 4.23. The fourth-order valence-corrected chi connectivity index (χ4v) is 1.54. The molecule has 0 unspecified atom stereocenters. The van der Waals surface area contributed by atoms with E-state index in [0.717, 1.165) is 4.68 Å². The van der Waals surface area contributed by atoms with Gasteiger partial charge in [0.1, 0.15) is 11.6 Å². The van der Waals surface area contributed by atoms with Crippen molar-refractivity contribution in [2.45, 2.75) is 13.5 Å². The number of methoxy groups -OCH3 is 1. The van der Waals surface area contributed by atoms with Crippen molar-refractivity contribution < 1.29 is 14.3 Å². The van der Waals surface area contributed by atoms with Crippen molar-refractivity contribution in [2.75, 3.05) is 25.5 Å². The first-order valence-electron chi connectivity index (χ1n) is 5.82. The molecule has 1 heterocycles. The largest absolute Gasteiger partial charge is 0.468 e. The lowest BCUT2D eigenvalue weighted by molar-refractivity contribution is -0.141. The highest BCUT2D eigenvalue weighted by Gasteiger charge is 2.12. The molecule has 0 radical (unpaired) electrons. The van der Waals surface area contributed by atoms with E-state index < -0.39 is 11.5 Å². The smallest absolute Gasteiger partial charge is 0.327 e. The lowest BCUT2D eigenvalue weighted by atomic mass is 10.4. The Balaban J connectivity index is 2.81. The van der Waals surface area contributed by atoms with Crippen molar-refractivity contribution in [3.63, 3.8) is 0 Å². The van der Waals surface area contributed by atoms with Gasteiger partial charge in [-0.15, -0.1) is 0 Å². The molecule has 0 saturated heterocycles. The summed E-state index contributed by atoms with van der Waals surface area (Å²) in [5.74, 6) is -0.846. The van der Waals surface area contributed by atoms with Gasteiger partial charge in [-0.1, -0.05) is 11.6 Å². The number of hydrogen-bond acceptors (Lipinski definition) is 6. The van der Waals surface area contributed by atoms with Crippen LogP contribution in [0.15, 0.2) is 11.0 Å². The Morgan fingerprint density at radius 2 is 2.20 bits per heavy atom. The standard InChI is InChI=1S/C11H15ClN4O4/c1-3-13-8(17)5-14-7-4-15-16(6-9(18)20-2)11(19)10(7)12/h4,14H,3,5-6H2,1-2H3,(H,13,17). The Morgan fingerprint density at radius 1 is 1.50 bits per heavy atom. The number of carbonyl (C=O) groups is 2. The van der Waals surface area contributed by atoms with Crippen LogP contribution in [0.3, 0.4) is 0 Å². The summed E-state index contributed by atoms with van der Waals surface area (Å²) in [5, 5.41) is 8.91. The molecule has 0 atom stereocenters. The third-order valence-electron chi connectivity index (χ3n) is 2.30. The molecule has 20 heavy (non-hydrogen) atoms. The Bertz CT molecular complexity index is 558. The van der Waals surface area contributed by atoms with E-state index in [1.165, 1.54) is 13.3 Å². The van der Waals surface area contributed by atoms with E-state index in [1.54, 1.807) is 6.92 Å². The van der Waals surface area contributed by atoms with Gasteiger partial charge in [-0.05, 0) is 6.92 Å². The van der Waals surface area contributed by atoms with E-state index in [9.17, 15) is 14.4 Å². The average molecular weight is 303 g/mol. The van der Waals surface area contributed by atoms with E-state index in [-0.39, 0.29) is 29.7 Å². The summed E-state index contributed by atoms with van der Waals surface area (Å²) < 4.78 is 5.32. The molecular weight excluding hydrogens is 288 g/mol. The highest BCUT2D eigenvalue weighted by molar-refractivity contribution is 6.33. The second-order valence-corrected chi connectivity index (χ2v) is 4.10. The van der Waals surface area contributed by atoms with Crippen LogP contribution in [0.25, 0.3) is 0 Å². The van der Waals surface area contributed by atoms with E-state index in [2.05, 4.69) is 20.5 Å². The summed E-state index contributed by atoms with van der Waals surface area (Å²) in [5.41, 5.74) is -0.415. The van der Waals surface area contributed by atoms with Gasteiger partial charge in [0.2, 0.25) is 5.91 Å². The number of esters is 1. The maximum Gasteiger partial charge on any atom is 0.327 e. The Hall–Kier alpha value is -2.09. The zero-order valence-corrected chi connectivity index (χ0v) is 11.9. The van der Waals surface area contributed by atoms with E-state index >= 15 is 0 Å². The van der Waals surface area contributed by atoms with Crippen LogP contribution in [-0.2, 0) is 20.9 Å². The molecule has 0 aliphatic heterocycles. The van der Waals surface area contributed by atoms with Gasteiger partial charge in [0.15, 0.2) is 0 Å². The fraction of sp³-hybridized carbons (Fsp3) is 0.455. The molecule has 0 aromatic carbocycles. The van der Waals surface area contributed by atoms with Crippen molar-refractivity contribution in [1.82, 2.24) is 15.1 Å². The second kappa shape index (κ2) is 7.49. The molecule has 0 aliphatic carbocycles. The van der Waals surface area contributed by atoms with Gasteiger partial charge in [0.05, 0.1) is 25.5 Å². The number of nitrogens with one attached hydrogen (secondary N) is 2. The third-order valence-corrected chi connectivity index (χ3v) is 2.67. The minimum atomic E-state index is -0.641. The number of nitrogens with zero attached hydrogens (tertiary/aromatic N) is 2. The van der Waals surface area contributed by atoms with Gasteiger partial charge in [0.25, 0.3) is 5.56 Å². The fourth-order valence-electron chi connectivity index (χ4n) is 1.32. The number of hydrogen-bond donors (Lipinski definition) is 2. The molecule has 8 nitrogen and oxygen atoms in total. The quantitative estimate of drug-likeness (QED) is 0.694. The second-order valence-electron chi connectivity index (χ2n) is 3.72. The molecule has 1 rings (SSSR count). The first kappa shape index (κ1) is 16.0. The molecule has 1 aromatic rings. The number of halogens is 1. The van der Waals surface area contributed by atoms with Crippen molar-refractivity contribution in [2.24, 2.45) is 0 Å². The zero-order chi connectivity index (χ0) is 15.1. The van der Waals surface area contributed by atoms with E-state index in [0.29, 0.717) is 6.54 Å². The molecule has 0 bridgehead atoms. The molecule has 2 N–H and O–H groups in total. The van der Waals surface area contributed by atoms with E-state index in [1.807, 2.05) is 0 Å². The summed E-state index contributed by atoms with van der Waals surface area (Å²) in [6.07, 6.45) is 1.27. The van der Waals surface area contributed by atoms with Crippen LogP contribution in [0.5, 0.6) is 0 Å². The van der Waals surface area contributed by atoms with Gasteiger partial charge in [-0.3, -0.25) is 14.4 Å². The highest BCUT2D eigenvalue weighted by Crippen LogP contribution is 2.14. The monoisotopic (exact) mass is 302 g/mol. The van der Waals surface area contributed by atoms with Crippen LogP contribution in [-0.4, -0.2) is 41.9 Å². The molecule has 110 valence electrons. The molecule has 1 amide bonds. The zero-order valence-electron chi connectivity index (χ0n) is 11.1. The SMILES string of the molecule is CCNC(=O)CNc1cnn(CC(=O)OC)c(=O)c1Cl. The van der Waals surface area contributed by atoms with Crippen molar-refractivity contribution >= 4 is 29.2 Å². The summed E-state index contributed by atoms with van der Waals surface area (Å²) in [4.78, 5) is 34.2. The maximum absolute atomic E-state index is 11.8. The van der Waals surface area contributed by atoms with Crippen LogP contribution < -0.4 is 16.2 Å². The lowest BCUT2D eigenvalue weighted by Crippen LogP contribution is -2.31. The molecule has 9 heteroatoms. The number of likely N-dealkylation sites (N-methyl/N-ethyl adjacent to an activating group) is 1. The van der Waals surface area contributed by atoms with Gasteiger partial charge < -0.3 is 15.4 Å². The summed E-state index contributed by atoms with van der Waals surface area (Å²) in [6.45, 7) is 1.94. The van der Waals surface area contributed by atoms with Gasteiger partial charge in [-0.2, -0.15) is 5.10 Å². The lowest BCUT2D eigenvalue weighted by Gasteiger charge is -2.09. The predicted molar refractivity (Wildman–Crippen MR) is 72.7 cm³/mol. The number of ether oxygens (including phenoxy) is 1. The minimum absolute atomic E-state index is 0.0320. The normalized spacial score (nSPS) is 9.95. The Morgan fingerprint density at radius 3 is 2.80 bits per heavy atom. The molecule has 0 aliphatic rings. The van der Waals surface area contributed by atoms with Gasteiger partial charge in [0, 0.05) is 6.54 Å². The molecule has 1 aromatic heterocycles. The summed E-state index contributed by atoms with van der Waals surface area (Å²) in [6, 6.07) is 0. The topological polar surface area (TPSA) is 102 Å².